The zero-order valence-electron chi connectivity index (χ0n) is 16.4. The van der Waals surface area contributed by atoms with E-state index in [0.29, 0.717) is 42.0 Å². The first-order chi connectivity index (χ1) is 12.8. The van der Waals surface area contributed by atoms with E-state index in [4.69, 9.17) is 9.47 Å². The standard InChI is InChI=1S/C22H28BrNO3/c1-15(2)10-11-26-21-9-8-17(23)12-20(21)22(25)24-18-6-5-7-19(13-18)27-14-16(3)4/h5-9,12-13,15-16H,10-11,14H2,1-4H3,(H,24,25). The Morgan fingerprint density at radius 2 is 1.81 bits per heavy atom. The molecule has 0 saturated heterocycles. The molecule has 2 rings (SSSR count). The summed E-state index contributed by atoms with van der Waals surface area (Å²) in [6.07, 6.45) is 0.937. The van der Waals surface area contributed by atoms with E-state index in [0.717, 1.165) is 16.6 Å². The lowest BCUT2D eigenvalue weighted by atomic mass is 10.1. The molecule has 1 N–H and O–H groups in total. The third-order valence-electron chi connectivity index (χ3n) is 3.81. The molecular formula is C22H28BrNO3. The molecule has 0 aliphatic rings. The second kappa shape index (κ2) is 10.4. The number of carbonyl (C=O) groups is 1. The van der Waals surface area contributed by atoms with Crippen molar-refractivity contribution in [3.8, 4) is 11.5 Å². The first kappa shape index (κ1) is 21.3. The van der Waals surface area contributed by atoms with Gasteiger partial charge in [-0.1, -0.05) is 49.7 Å². The molecule has 2 aromatic carbocycles. The molecule has 0 unspecified atom stereocenters. The van der Waals surface area contributed by atoms with Crippen molar-refractivity contribution in [1.82, 2.24) is 0 Å². The summed E-state index contributed by atoms with van der Waals surface area (Å²) in [5.74, 6) is 2.10. The van der Waals surface area contributed by atoms with Gasteiger partial charge in [0.15, 0.2) is 0 Å². The van der Waals surface area contributed by atoms with E-state index in [1.165, 1.54) is 0 Å². The van der Waals surface area contributed by atoms with Crippen molar-refractivity contribution in [3.63, 3.8) is 0 Å². The average molecular weight is 434 g/mol. The van der Waals surface area contributed by atoms with Crippen LogP contribution in [-0.2, 0) is 0 Å². The van der Waals surface area contributed by atoms with Gasteiger partial charge in [-0.2, -0.15) is 0 Å². The highest BCUT2D eigenvalue weighted by molar-refractivity contribution is 9.10. The monoisotopic (exact) mass is 433 g/mol. The number of amides is 1. The van der Waals surface area contributed by atoms with Crippen LogP contribution >= 0.6 is 15.9 Å². The number of ether oxygens (including phenoxy) is 2. The molecule has 146 valence electrons. The van der Waals surface area contributed by atoms with Gasteiger partial charge >= 0.3 is 0 Å². The van der Waals surface area contributed by atoms with Crippen molar-refractivity contribution < 1.29 is 14.3 Å². The summed E-state index contributed by atoms with van der Waals surface area (Å²) >= 11 is 3.43. The molecule has 0 saturated carbocycles. The maximum absolute atomic E-state index is 12.8. The third-order valence-corrected chi connectivity index (χ3v) is 4.31. The third kappa shape index (κ3) is 7.25. The molecule has 0 radical (unpaired) electrons. The van der Waals surface area contributed by atoms with E-state index in [1.54, 1.807) is 6.07 Å². The Kier molecular flexibility index (Phi) is 8.17. The minimum Gasteiger partial charge on any atom is -0.493 e. The zero-order chi connectivity index (χ0) is 19.8. The summed E-state index contributed by atoms with van der Waals surface area (Å²) in [6, 6.07) is 12.9. The second-order valence-electron chi connectivity index (χ2n) is 7.36. The number of hydrogen-bond donors (Lipinski definition) is 1. The largest absolute Gasteiger partial charge is 0.493 e. The van der Waals surface area contributed by atoms with Gasteiger partial charge in [-0.3, -0.25) is 4.79 Å². The van der Waals surface area contributed by atoms with Crippen LogP contribution in [0.2, 0.25) is 0 Å². The Hall–Kier alpha value is -2.01. The Bertz CT molecular complexity index is 759. The summed E-state index contributed by atoms with van der Waals surface area (Å²) in [5, 5.41) is 2.93. The normalized spacial score (nSPS) is 10.9. The number of carbonyl (C=O) groups excluding carboxylic acids is 1. The van der Waals surface area contributed by atoms with E-state index in [9.17, 15) is 4.79 Å². The van der Waals surface area contributed by atoms with Gasteiger partial charge in [-0.05, 0) is 48.6 Å². The quantitative estimate of drug-likeness (QED) is 0.514. The van der Waals surface area contributed by atoms with Crippen molar-refractivity contribution in [2.75, 3.05) is 18.5 Å². The van der Waals surface area contributed by atoms with Crippen LogP contribution in [0.1, 0.15) is 44.5 Å². The SMILES string of the molecule is CC(C)CCOc1ccc(Br)cc1C(=O)Nc1cccc(OCC(C)C)c1. The lowest BCUT2D eigenvalue weighted by molar-refractivity contribution is 0.102. The highest BCUT2D eigenvalue weighted by Gasteiger charge is 2.14. The van der Waals surface area contributed by atoms with Crippen LogP contribution in [0, 0.1) is 11.8 Å². The average Bonchev–Trinajstić information content (AvgIpc) is 2.61. The van der Waals surface area contributed by atoms with Gasteiger partial charge in [0.2, 0.25) is 0 Å². The van der Waals surface area contributed by atoms with Crippen LogP contribution in [0.15, 0.2) is 46.9 Å². The highest BCUT2D eigenvalue weighted by Crippen LogP contribution is 2.26. The van der Waals surface area contributed by atoms with Crippen molar-refractivity contribution in [2.24, 2.45) is 11.8 Å². The molecule has 0 heterocycles. The molecule has 1 amide bonds. The summed E-state index contributed by atoms with van der Waals surface area (Å²) in [6.45, 7) is 9.70. The summed E-state index contributed by atoms with van der Waals surface area (Å²) in [4.78, 5) is 12.8. The van der Waals surface area contributed by atoms with Gasteiger partial charge in [0, 0.05) is 16.2 Å². The summed E-state index contributed by atoms with van der Waals surface area (Å²) in [7, 11) is 0. The highest BCUT2D eigenvalue weighted by atomic mass is 79.9. The Balaban J connectivity index is 2.10. The maximum Gasteiger partial charge on any atom is 0.259 e. The molecule has 0 fully saturated rings. The van der Waals surface area contributed by atoms with Crippen LogP contribution in [0.25, 0.3) is 0 Å². The Morgan fingerprint density at radius 1 is 1.04 bits per heavy atom. The van der Waals surface area contributed by atoms with Crippen molar-refractivity contribution in [2.45, 2.75) is 34.1 Å². The minimum atomic E-state index is -0.211. The first-order valence-electron chi connectivity index (χ1n) is 9.31. The van der Waals surface area contributed by atoms with Gasteiger partial charge in [-0.15, -0.1) is 0 Å². The van der Waals surface area contributed by atoms with Gasteiger partial charge < -0.3 is 14.8 Å². The molecule has 27 heavy (non-hydrogen) atoms. The molecule has 0 aromatic heterocycles. The first-order valence-corrected chi connectivity index (χ1v) is 10.1. The topological polar surface area (TPSA) is 47.6 Å². The summed E-state index contributed by atoms with van der Waals surface area (Å²) < 4.78 is 12.4. The van der Waals surface area contributed by atoms with Crippen LogP contribution in [0.4, 0.5) is 5.69 Å². The van der Waals surface area contributed by atoms with Gasteiger partial charge in [-0.25, -0.2) is 0 Å². The Labute approximate surface area is 170 Å². The predicted octanol–water partition coefficient (Wildman–Crippen LogP) is 6.16. The molecule has 0 aliphatic carbocycles. The number of rotatable bonds is 9. The lowest BCUT2D eigenvalue weighted by Crippen LogP contribution is -2.14. The van der Waals surface area contributed by atoms with E-state index in [2.05, 4.69) is 48.9 Å². The number of halogens is 1. The molecule has 2 aromatic rings. The van der Waals surface area contributed by atoms with E-state index in [-0.39, 0.29) is 5.91 Å². The number of benzene rings is 2. The molecule has 0 spiro atoms. The van der Waals surface area contributed by atoms with E-state index in [1.807, 2.05) is 36.4 Å². The fourth-order valence-electron chi connectivity index (χ4n) is 2.34. The smallest absolute Gasteiger partial charge is 0.259 e. The molecule has 4 nitrogen and oxygen atoms in total. The predicted molar refractivity (Wildman–Crippen MR) is 114 cm³/mol. The lowest BCUT2D eigenvalue weighted by Gasteiger charge is -2.14. The van der Waals surface area contributed by atoms with Crippen LogP contribution in [-0.4, -0.2) is 19.1 Å². The Morgan fingerprint density at radius 3 is 2.52 bits per heavy atom. The fraction of sp³-hybridized carbons (Fsp3) is 0.409. The van der Waals surface area contributed by atoms with Crippen molar-refractivity contribution in [3.05, 3.63) is 52.5 Å². The molecule has 5 heteroatoms. The number of hydrogen-bond acceptors (Lipinski definition) is 3. The zero-order valence-corrected chi connectivity index (χ0v) is 18.0. The molecule has 0 atom stereocenters. The van der Waals surface area contributed by atoms with Crippen LogP contribution in [0.3, 0.4) is 0 Å². The van der Waals surface area contributed by atoms with Crippen molar-refractivity contribution >= 4 is 27.5 Å². The molecule has 0 bridgehead atoms. The minimum absolute atomic E-state index is 0.211. The summed E-state index contributed by atoms with van der Waals surface area (Å²) in [5.41, 5.74) is 1.19. The maximum atomic E-state index is 12.8. The molecule has 0 aliphatic heterocycles. The van der Waals surface area contributed by atoms with Crippen LogP contribution < -0.4 is 14.8 Å². The van der Waals surface area contributed by atoms with E-state index >= 15 is 0 Å². The fourth-order valence-corrected chi connectivity index (χ4v) is 2.70. The number of anilines is 1. The van der Waals surface area contributed by atoms with Crippen LogP contribution in [0.5, 0.6) is 11.5 Å². The second-order valence-corrected chi connectivity index (χ2v) is 8.27. The van der Waals surface area contributed by atoms with Gasteiger partial charge in [0.25, 0.3) is 5.91 Å². The number of nitrogens with one attached hydrogen (secondary N) is 1. The van der Waals surface area contributed by atoms with Gasteiger partial charge in [0.05, 0.1) is 18.8 Å². The van der Waals surface area contributed by atoms with Crippen molar-refractivity contribution in [1.29, 1.82) is 0 Å². The van der Waals surface area contributed by atoms with E-state index < -0.39 is 0 Å². The molecular weight excluding hydrogens is 406 g/mol. The van der Waals surface area contributed by atoms with Gasteiger partial charge in [0.1, 0.15) is 11.5 Å².